The first-order valence-electron chi connectivity index (χ1n) is 2.02. The standard InChI is InChI=1S/C3H6O2.NO3.2Pd/c1-2-3(4)5;2-1(3)4;;/h2H2,1H3,(H,4,5);;;/q;-1;;+2/p-1. The molecule has 0 aromatic heterocycles. The van der Waals surface area contributed by atoms with Crippen LogP contribution in [0.4, 0.5) is 0 Å². The van der Waals surface area contributed by atoms with Gasteiger partial charge < -0.3 is 25.2 Å². The van der Waals surface area contributed by atoms with Crippen molar-refractivity contribution in [3.05, 3.63) is 15.3 Å². The molecule has 0 unspecified atom stereocenters. The quantitative estimate of drug-likeness (QED) is 0.340. The zero-order valence-electron chi connectivity index (χ0n) is 5.33. The fourth-order valence-electron chi connectivity index (χ4n) is 0. The summed E-state index contributed by atoms with van der Waals surface area (Å²) in [4.78, 5) is 17.5. The summed E-state index contributed by atoms with van der Waals surface area (Å²) < 4.78 is 0. The maximum atomic E-state index is 9.26. The molecule has 0 aromatic carbocycles. The second kappa shape index (κ2) is 16.5. The van der Waals surface area contributed by atoms with E-state index in [0.717, 1.165) is 0 Å². The molecule has 0 aliphatic heterocycles. The number of rotatable bonds is 1. The first-order chi connectivity index (χ1) is 4.00. The van der Waals surface area contributed by atoms with Crippen LogP contribution in [0.3, 0.4) is 0 Å². The third-order valence-corrected chi connectivity index (χ3v) is 0.289. The minimum absolute atomic E-state index is 0. The summed E-state index contributed by atoms with van der Waals surface area (Å²) in [7, 11) is 0. The summed E-state index contributed by atoms with van der Waals surface area (Å²) in [5.41, 5.74) is 0. The molecule has 0 bridgehead atoms. The summed E-state index contributed by atoms with van der Waals surface area (Å²) in [6, 6.07) is 0. The van der Waals surface area contributed by atoms with E-state index in [9.17, 15) is 9.90 Å². The number of hydrogen-bond acceptors (Lipinski definition) is 5. The van der Waals surface area contributed by atoms with Crippen molar-refractivity contribution in [2.45, 2.75) is 13.3 Å². The van der Waals surface area contributed by atoms with Gasteiger partial charge in [-0.25, -0.2) is 0 Å². The Kier molecular flexibility index (Phi) is 33.7. The van der Waals surface area contributed by atoms with Crippen molar-refractivity contribution in [2.75, 3.05) is 0 Å². The second-order valence-electron chi connectivity index (χ2n) is 0.949. The van der Waals surface area contributed by atoms with Crippen LogP contribution >= 0.6 is 0 Å². The van der Waals surface area contributed by atoms with Gasteiger partial charge in [0.1, 0.15) is 0 Å². The van der Waals surface area contributed by atoms with Crippen LogP contribution in [-0.4, -0.2) is 11.1 Å². The van der Waals surface area contributed by atoms with Crippen LogP contribution in [0.5, 0.6) is 0 Å². The molecule has 8 heteroatoms. The molecule has 0 amide bonds. The van der Waals surface area contributed by atoms with Gasteiger partial charge in [-0.3, -0.25) is 0 Å². The van der Waals surface area contributed by atoms with Crippen molar-refractivity contribution in [1.82, 2.24) is 0 Å². The van der Waals surface area contributed by atoms with Gasteiger partial charge in [-0.2, -0.15) is 0 Å². The number of hydrogen-bond donors (Lipinski definition) is 0. The Bertz CT molecular complexity index is 104. The van der Waals surface area contributed by atoms with Crippen molar-refractivity contribution in [1.29, 1.82) is 0 Å². The van der Waals surface area contributed by atoms with Gasteiger partial charge in [0, 0.05) is 26.4 Å². The Balaban J connectivity index is -0.0000000383. The van der Waals surface area contributed by atoms with Crippen molar-refractivity contribution < 1.29 is 55.8 Å². The monoisotopic (exact) mass is 347 g/mol. The van der Waals surface area contributed by atoms with E-state index in [1.54, 1.807) is 0 Å². The van der Waals surface area contributed by atoms with Crippen molar-refractivity contribution >= 4 is 5.97 Å². The normalized spacial score (nSPS) is 5.55. The van der Waals surface area contributed by atoms with Gasteiger partial charge in [0.2, 0.25) is 0 Å². The zero-order chi connectivity index (χ0) is 7.86. The van der Waals surface area contributed by atoms with Gasteiger partial charge in [-0.15, -0.1) is 0 Å². The summed E-state index contributed by atoms with van der Waals surface area (Å²) in [6.07, 6.45) is 0.111. The molecular weight excluding hydrogens is 343 g/mol. The molecule has 0 spiro atoms. The van der Waals surface area contributed by atoms with Gasteiger partial charge in [-0.05, 0) is 6.42 Å². The maximum Gasteiger partial charge on any atom is 2.00 e. The Hall–Kier alpha value is -0.00532. The van der Waals surface area contributed by atoms with Crippen molar-refractivity contribution in [2.24, 2.45) is 0 Å². The molecule has 0 aliphatic rings. The average Bonchev–Trinajstić information content (AvgIpc) is 1.65. The van der Waals surface area contributed by atoms with Gasteiger partial charge in [0.15, 0.2) is 0 Å². The number of carbonyl (C=O) groups excluding carboxylic acids is 1. The third kappa shape index (κ3) is 161. The second-order valence-corrected chi connectivity index (χ2v) is 0.949. The van der Waals surface area contributed by atoms with Gasteiger partial charge in [0.25, 0.3) is 0 Å². The molecule has 0 saturated carbocycles. The molecule has 0 heterocycles. The molecular formula is C3H5NO5Pd2. The summed E-state index contributed by atoms with van der Waals surface area (Å²) in [5.74, 6) is -0.995. The maximum absolute atomic E-state index is 9.26. The number of carbonyl (C=O) groups is 1. The Morgan fingerprint density at radius 2 is 1.55 bits per heavy atom. The Labute approximate surface area is 90.4 Å². The van der Waals surface area contributed by atoms with E-state index in [1.165, 1.54) is 6.92 Å². The molecule has 0 aliphatic carbocycles. The molecule has 11 heavy (non-hydrogen) atoms. The topological polar surface area (TPSA) is 106 Å². The summed E-state index contributed by atoms with van der Waals surface area (Å²) >= 11 is 0. The SMILES string of the molecule is CCC(=O)[O-].O=[N+]([O-])[O-].[Pd+2].[Pd]. The number of nitrogens with zero attached hydrogens (tertiary/aromatic N) is 1. The number of carboxylic acid groups (broad SMARTS) is 1. The van der Waals surface area contributed by atoms with E-state index in [4.69, 9.17) is 15.3 Å². The van der Waals surface area contributed by atoms with E-state index < -0.39 is 11.1 Å². The van der Waals surface area contributed by atoms with E-state index in [2.05, 4.69) is 0 Å². The molecule has 0 aromatic rings. The molecule has 6 nitrogen and oxygen atoms in total. The number of aliphatic carboxylic acids is 1. The van der Waals surface area contributed by atoms with Gasteiger partial charge in [-0.1, -0.05) is 6.92 Å². The van der Waals surface area contributed by atoms with Crippen LogP contribution in [0.15, 0.2) is 0 Å². The molecule has 0 fully saturated rings. The van der Waals surface area contributed by atoms with Crippen molar-refractivity contribution in [3.63, 3.8) is 0 Å². The van der Waals surface area contributed by atoms with E-state index in [0.29, 0.717) is 0 Å². The first-order valence-corrected chi connectivity index (χ1v) is 2.02. The fraction of sp³-hybridized carbons (Fsp3) is 0.667. The number of carboxylic acids is 1. The Morgan fingerprint density at radius 3 is 1.55 bits per heavy atom. The molecule has 0 radical (unpaired) electrons. The molecule has 0 atom stereocenters. The third-order valence-electron chi connectivity index (χ3n) is 0.289. The molecule has 0 rings (SSSR count). The van der Waals surface area contributed by atoms with Crippen LogP contribution in [0.2, 0.25) is 0 Å². The van der Waals surface area contributed by atoms with Crippen LogP contribution in [0, 0.1) is 15.3 Å². The molecule has 0 N–H and O–H groups in total. The van der Waals surface area contributed by atoms with Gasteiger partial charge >= 0.3 is 20.4 Å². The van der Waals surface area contributed by atoms with Crippen LogP contribution in [0.1, 0.15) is 13.3 Å². The van der Waals surface area contributed by atoms with Crippen molar-refractivity contribution in [3.8, 4) is 0 Å². The predicted molar refractivity (Wildman–Crippen MR) is 25.7 cm³/mol. The largest absolute Gasteiger partial charge is 2.00 e. The predicted octanol–water partition coefficient (Wildman–Crippen LogP) is -1.10. The average molecular weight is 348 g/mol. The summed E-state index contributed by atoms with van der Waals surface area (Å²) in [6.45, 7) is 1.54. The van der Waals surface area contributed by atoms with Crippen LogP contribution in [0.25, 0.3) is 0 Å². The fourth-order valence-corrected chi connectivity index (χ4v) is 0. The smallest absolute Gasteiger partial charge is 0.550 e. The summed E-state index contributed by atoms with van der Waals surface area (Å²) in [5, 5.41) is 24.0. The van der Waals surface area contributed by atoms with Crippen LogP contribution in [-0.2, 0) is 45.6 Å². The van der Waals surface area contributed by atoms with Gasteiger partial charge in [0.05, 0.1) is 5.09 Å². The van der Waals surface area contributed by atoms with E-state index in [-0.39, 0.29) is 47.3 Å². The Morgan fingerprint density at radius 1 is 1.45 bits per heavy atom. The zero-order valence-corrected chi connectivity index (χ0v) is 8.44. The van der Waals surface area contributed by atoms with E-state index >= 15 is 0 Å². The molecule has 0 saturated heterocycles. The van der Waals surface area contributed by atoms with Crippen LogP contribution < -0.4 is 5.11 Å². The first kappa shape index (κ1) is 22.4. The minimum Gasteiger partial charge on any atom is -0.550 e. The molecule has 72 valence electrons. The minimum atomic E-state index is -1.75. The van der Waals surface area contributed by atoms with E-state index in [1.807, 2.05) is 0 Å².